The van der Waals surface area contributed by atoms with Gasteiger partial charge in [0.25, 0.3) is 11.5 Å². The number of rotatable bonds is 2. The van der Waals surface area contributed by atoms with E-state index in [4.69, 9.17) is 4.42 Å². The van der Waals surface area contributed by atoms with Gasteiger partial charge < -0.3 is 14.3 Å². The zero-order chi connectivity index (χ0) is 18.1. The number of aromatic nitrogens is 2. The first-order valence-corrected chi connectivity index (χ1v) is 8.64. The van der Waals surface area contributed by atoms with Gasteiger partial charge in [0, 0.05) is 36.2 Å². The van der Waals surface area contributed by atoms with Gasteiger partial charge in [-0.15, -0.1) is 0 Å². The summed E-state index contributed by atoms with van der Waals surface area (Å²) < 4.78 is 5.42. The van der Waals surface area contributed by atoms with E-state index in [1.807, 2.05) is 36.4 Å². The van der Waals surface area contributed by atoms with Gasteiger partial charge >= 0.3 is 0 Å². The van der Waals surface area contributed by atoms with E-state index in [0.717, 1.165) is 17.0 Å². The predicted molar refractivity (Wildman–Crippen MR) is 97.1 cm³/mol. The molecule has 1 aliphatic heterocycles. The quantitative estimate of drug-likeness (QED) is 0.771. The molecule has 3 heterocycles. The first-order chi connectivity index (χ1) is 12.6. The van der Waals surface area contributed by atoms with Crippen LogP contribution in [0.3, 0.4) is 0 Å². The largest absolute Gasteiger partial charge is 0.464 e. The fourth-order valence-corrected chi connectivity index (χ4v) is 3.37. The number of nitrogens with one attached hydrogen (secondary N) is 1. The van der Waals surface area contributed by atoms with Crippen molar-refractivity contribution < 1.29 is 9.21 Å². The minimum absolute atomic E-state index is 0.0423. The van der Waals surface area contributed by atoms with E-state index in [-0.39, 0.29) is 11.5 Å². The monoisotopic (exact) mass is 349 g/mol. The van der Waals surface area contributed by atoms with E-state index in [1.165, 1.54) is 0 Å². The Bertz CT molecular complexity index is 1010. The van der Waals surface area contributed by atoms with Gasteiger partial charge in [-0.2, -0.15) is 0 Å². The molecule has 1 amide bonds. The van der Waals surface area contributed by atoms with Crippen LogP contribution in [0, 0.1) is 6.92 Å². The molecule has 1 aromatic carbocycles. The number of fused-ring (bicyclic) bond motifs is 1. The molecule has 26 heavy (non-hydrogen) atoms. The second kappa shape index (κ2) is 6.63. The van der Waals surface area contributed by atoms with Gasteiger partial charge in [-0.05, 0) is 37.6 Å². The Balaban J connectivity index is 1.57. The van der Waals surface area contributed by atoms with Crippen LogP contribution in [-0.4, -0.2) is 33.9 Å². The first-order valence-electron chi connectivity index (χ1n) is 8.64. The van der Waals surface area contributed by atoms with E-state index in [1.54, 1.807) is 18.1 Å². The molecule has 3 aromatic rings. The van der Waals surface area contributed by atoms with E-state index < -0.39 is 0 Å². The highest BCUT2D eigenvalue weighted by atomic mass is 16.3. The van der Waals surface area contributed by atoms with Crippen molar-refractivity contribution in [2.45, 2.75) is 19.8 Å². The molecule has 0 spiro atoms. The number of hydrogen-bond donors (Lipinski definition) is 1. The van der Waals surface area contributed by atoms with E-state index in [2.05, 4.69) is 9.97 Å². The van der Waals surface area contributed by atoms with Crippen molar-refractivity contribution in [2.24, 2.45) is 0 Å². The van der Waals surface area contributed by atoms with Crippen molar-refractivity contribution >= 4 is 5.91 Å². The second-order valence-corrected chi connectivity index (χ2v) is 6.43. The smallest absolute Gasteiger partial charge is 0.254 e. The SMILES string of the molecule is Cc1nc2c(c(=O)[nH]1)CCN(C(=O)c1cccc(-c3ccco3)c1)CC2. The van der Waals surface area contributed by atoms with Crippen LogP contribution in [0.5, 0.6) is 0 Å². The number of nitrogens with zero attached hydrogens (tertiary/aromatic N) is 2. The highest BCUT2D eigenvalue weighted by molar-refractivity contribution is 5.95. The molecule has 1 aliphatic rings. The highest BCUT2D eigenvalue weighted by Gasteiger charge is 2.22. The number of aromatic amines is 1. The van der Waals surface area contributed by atoms with E-state index >= 15 is 0 Å². The van der Waals surface area contributed by atoms with Crippen LogP contribution in [0.1, 0.15) is 27.4 Å². The summed E-state index contributed by atoms with van der Waals surface area (Å²) in [6, 6.07) is 11.1. The topological polar surface area (TPSA) is 79.2 Å². The van der Waals surface area contributed by atoms with Gasteiger partial charge in [-0.25, -0.2) is 4.98 Å². The molecule has 0 aliphatic carbocycles. The summed E-state index contributed by atoms with van der Waals surface area (Å²) >= 11 is 0. The molecule has 0 saturated carbocycles. The molecular weight excluding hydrogens is 330 g/mol. The van der Waals surface area contributed by atoms with Crippen molar-refractivity contribution in [3.05, 3.63) is 75.7 Å². The van der Waals surface area contributed by atoms with Crippen LogP contribution in [0.4, 0.5) is 0 Å². The van der Waals surface area contributed by atoms with Crippen LogP contribution in [0.2, 0.25) is 0 Å². The summed E-state index contributed by atoms with van der Waals surface area (Å²) in [5, 5.41) is 0. The van der Waals surface area contributed by atoms with Gasteiger partial charge in [0.05, 0.1) is 12.0 Å². The Morgan fingerprint density at radius 1 is 1.19 bits per heavy atom. The van der Waals surface area contributed by atoms with Crippen molar-refractivity contribution in [2.75, 3.05) is 13.1 Å². The number of furan rings is 1. The fourth-order valence-electron chi connectivity index (χ4n) is 3.37. The summed E-state index contributed by atoms with van der Waals surface area (Å²) in [5.74, 6) is 1.30. The molecule has 0 unspecified atom stereocenters. The molecule has 2 aromatic heterocycles. The van der Waals surface area contributed by atoms with E-state index in [9.17, 15) is 9.59 Å². The number of hydrogen-bond acceptors (Lipinski definition) is 4. The number of carbonyl (C=O) groups excluding carboxylic acids is 1. The van der Waals surface area contributed by atoms with Gasteiger partial charge in [0.15, 0.2) is 0 Å². The zero-order valence-electron chi connectivity index (χ0n) is 14.5. The lowest BCUT2D eigenvalue weighted by atomic mass is 10.1. The molecule has 6 nitrogen and oxygen atoms in total. The normalized spacial score (nSPS) is 14.0. The maximum Gasteiger partial charge on any atom is 0.254 e. The Labute approximate surface area is 150 Å². The highest BCUT2D eigenvalue weighted by Crippen LogP contribution is 2.22. The van der Waals surface area contributed by atoms with Crippen LogP contribution >= 0.6 is 0 Å². The molecule has 0 radical (unpaired) electrons. The zero-order valence-corrected chi connectivity index (χ0v) is 14.5. The maximum atomic E-state index is 13.0. The number of benzene rings is 1. The van der Waals surface area contributed by atoms with Gasteiger partial charge in [-0.3, -0.25) is 9.59 Å². The lowest BCUT2D eigenvalue weighted by Gasteiger charge is -2.20. The summed E-state index contributed by atoms with van der Waals surface area (Å²) in [5.41, 5.74) is 2.87. The molecule has 132 valence electrons. The molecular formula is C20H19N3O3. The van der Waals surface area contributed by atoms with E-state index in [0.29, 0.717) is 42.9 Å². The average molecular weight is 349 g/mol. The van der Waals surface area contributed by atoms with Gasteiger partial charge in [0.2, 0.25) is 0 Å². The molecule has 0 saturated heterocycles. The molecule has 6 heteroatoms. The molecule has 4 rings (SSSR count). The number of H-pyrrole nitrogens is 1. The van der Waals surface area contributed by atoms with Gasteiger partial charge in [0.1, 0.15) is 11.6 Å². The lowest BCUT2D eigenvalue weighted by molar-refractivity contribution is 0.0763. The third-order valence-corrected chi connectivity index (χ3v) is 4.67. The lowest BCUT2D eigenvalue weighted by Crippen LogP contribution is -2.33. The minimum Gasteiger partial charge on any atom is -0.464 e. The van der Waals surface area contributed by atoms with Crippen LogP contribution < -0.4 is 5.56 Å². The van der Waals surface area contributed by atoms with Crippen LogP contribution in [0.25, 0.3) is 11.3 Å². The Kier molecular flexibility index (Phi) is 4.16. The molecule has 0 fully saturated rings. The Morgan fingerprint density at radius 3 is 2.85 bits per heavy atom. The van der Waals surface area contributed by atoms with Crippen molar-refractivity contribution in [1.29, 1.82) is 0 Å². The summed E-state index contributed by atoms with van der Waals surface area (Å²) in [6.45, 7) is 2.83. The fraction of sp³-hybridized carbons (Fsp3) is 0.250. The number of aryl methyl sites for hydroxylation is 1. The van der Waals surface area contributed by atoms with Gasteiger partial charge in [-0.1, -0.05) is 12.1 Å². The van der Waals surface area contributed by atoms with Crippen molar-refractivity contribution in [1.82, 2.24) is 14.9 Å². The first kappa shape index (κ1) is 16.3. The third kappa shape index (κ3) is 3.06. The van der Waals surface area contributed by atoms with Crippen LogP contribution in [0.15, 0.2) is 51.9 Å². The molecule has 1 N–H and O–H groups in total. The molecule has 0 bridgehead atoms. The van der Waals surface area contributed by atoms with Crippen molar-refractivity contribution in [3.8, 4) is 11.3 Å². The second-order valence-electron chi connectivity index (χ2n) is 6.43. The standard InChI is InChI=1S/C20H19N3O3/c1-13-21-17-8-10-23(9-7-16(17)19(24)22-13)20(25)15-5-2-4-14(12-15)18-6-3-11-26-18/h2-6,11-12H,7-10H2,1H3,(H,21,22,24). The molecule has 0 atom stereocenters. The maximum absolute atomic E-state index is 13.0. The number of amides is 1. The predicted octanol–water partition coefficient (Wildman–Crippen LogP) is 2.58. The Hall–Kier alpha value is -3.15. The third-order valence-electron chi connectivity index (χ3n) is 4.67. The average Bonchev–Trinajstić information content (AvgIpc) is 3.09. The summed E-state index contributed by atoms with van der Waals surface area (Å²) in [4.78, 5) is 34.1. The number of carbonyl (C=O) groups is 1. The minimum atomic E-state index is -0.0957. The summed E-state index contributed by atoms with van der Waals surface area (Å²) in [7, 11) is 0. The Morgan fingerprint density at radius 2 is 2.04 bits per heavy atom. The summed E-state index contributed by atoms with van der Waals surface area (Å²) in [6.07, 6.45) is 2.72. The van der Waals surface area contributed by atoms with Crippen molar-refractivity contribution in [3.63, 3.8) is 0 Å². The van der Waals surface area contributed by atoms with Crippen LogP contribution in [-0.2, 0) is 12.8 Å².